The summed E-state index contributed by atoms with van der Waals surface area (Å²) in [6, 6.07) is 0. The van der Waals surface area contributed by atoms with Crippen LogP contribution >= 0.6 is 0 Å². The Bertz CT molecular complexity index is 240. The minimum absolute atomic E-state index is 0.393. The van der Waals surface area contributed by atoms with Crippen LogP contribution in [0, 0.1) is 5.92 Å². The van der Waals surface area contributed by atoms with Gasteiger partial charge >= 0.3 is 5.97 Å². The summed E-state index contributed by atoms with van der Waals surface area (Å²) in [6.07, 6.45) is -3.89. The third-order valence-electron chi connectivity index (χ3n) is 2.01. The van der Waals surface area contributed by atoms with E-state index in [1.54, 1.807) is 0 Å². The van der Waals surface area contributed by atoms with Gasteiger partial charge in [0.15, 0.2) is 6.17 Å². The first-order valence-corrected chi connectivity index (χ1v) is 3.88. The smallest absolute Gasteiger partial charge is 0.303 e. The van der Waals surface area contributed by atoms with Crippen LogP contribution < -0.4 is 0 Å². The van der Waals surface area contributed by atoms with Gasteiger partial charge < -0.3 is 5.11 Å². The topological polar surface area (TPSA) is 37.3 Å². The summed E-state index contributed by atoms with van der Waals surface area (Å²) in [4.78, 5) is 10.2. The minimum atomic E-state index is -1.85. The van der Waals surface area contributed by atoms with E-state index < -0.39 is 42.9 Å². The fraction of sp³-hybridized carbons (Fsp3) is 0.625. The third-order valence-corrected chi connectivity index (χ3v) is 2.01. The van der Waals surface area contributed by atoms with Crippen molar-refractivity contribution in [2.75, 3.05) is 0 Å². The molecule has 0 amide bonds. The summed E-state index contributed by atoms with van der Waals surface area (Å²) < 4.78 is 38.0. The van der Waals surface area contributed by atoms with Gasteiger partial charge in [-0.2, -0.15) is 0 Å². The van der Waals surface area contributed by atoms with Crippen LogP contribution in [0.4, 0.5) is 13.2 Å². The molecule has 3 unspecified atom stereocenters. The number of hydrogen-bond donors (Lipinski definition) is 1. The Balaban J connectivity index is 2.64. The molecule has 3 atom stereocenters. The van der Waals surface area contributed by atoms with Crippen molar-refractivity contribution in [2.24, 2.45) is 5.92 Å². The Morgan fingerprint density at radius 3 is 2.77 bits per heavy atom. The van der Waals surface area contributed by atoms with Crippen molar-refractivity contribution in [3.63, 3.8) is 0 Å². The fourth-order valence-electron chi connectivity index (χ4n) is 1.32. The van der Waals surface area contributed by atoms with Gasteiger partial charge in [-0.15, -0.1) is 0 Å². The SMILES string of the molecule is O=C(O)CC1CC(F)C(F)=CC1F. The summed E-state index contributed by atoms with van der Waals surface area (Å²) in [6.45, 7) is 0. The Kier molecular flexibility index (Phi) is 2.95. The lowest BCUT2D eigenvalue weighted by molar-refractivity contribution is -0.138. The number of carboxylic acid groups (broad SMARTS) is 1. The number of aliphatic carboxylic acids is 1. The van der Waals surface area contributed by atoms with Crippen LogP contribution in [-0.2, 0) is 4.79 Å². The lowest BCUT2D eigenvalue weighted by Crippen LogP contribution is -2.26. The lowest BCUT2D eigenvalue weighted by Gasteiger charge is -2.23. The second-order valence-electron chi connectivity index (χ2n) is 3.06. The molecule has 74 valence electrons. The van der Waals surface area contributed by atoms with Crippen molar-refractivity contribution in [3.8, 4) is 0 Å². The normalized spacial score (nSPS) is 34.1. The summed E-state index contributed by atoms with van der Waals surface area (Å²) in [5.41, 5.74) is 0. The summed E-state index contributed by atoms with van der Waals surface area (Å²) in [5.74, 6) is -3.28. The van der Waals surface area contributed by atoms with Crippen LogP contribution in [0.3, 0.4) is 0 Å². The van der Waals surface area contributed by atoms with Gasteiger partial charge in [-0.3, -0.25) is 4.79 Å². The molecule has 0 aliphatic heterocycles. The predicted molar refractivity (Wildman–Crippen MR) is 39.3 cm³/mol. The summed E-state index contributed by atoms with van der Waals surface area (Å²) in [7, 11) is 0. The van der Waals surface area contributed by atoms with E-state index in [-0.39, 0.29) is 0 Å². The molecule has 13 heavy (non-hydrogen) atoms. The monoisotopic (exact) mass is 194 g/mol. The summed E-state index contributed by atoms with van der Waals surface area (Å²) >= 11 is 0. The fourth-order valence-corrected chi connectivity index (χ4v) is 1.32. The second kappa shape index (κ2) is 3.81. The molecule has 0 aromatic heterocycles. The van der Waals surface area contributed by atoms with Crippen molar-refractivity contribution < 1.29 is 23.1 Å². The average Bonchev–Trinajstić information content (AvgIpc) is 1.99. The van der Waals surface area contributed by atoms with E-state index in [9.17, 15) is 18.0 Å². The van der Waals surface area contributed by atoms with Gasteiger partial charge in [-0.1, -0.05) is 0 Å². The molecule has 0 radical (unpaired) electrons. The molecule has 0 saturated carbocycles. The number of allylic oxidation sites excluding steroid dienone is 2. The molecule has 0 fully saturated rings. The first-order valence-electron chi connectivity index (χ1n) is 3.88. The van der Waals surface area contributed by atoms with Gasteiger partial charge in [0.05, 0.1) is 6.42 Å². The van der Waals surface area contributed by atoms with Crippen LogP contribution in [0.1, 0.15) is 12.8 Å². The molecule has 0 aromatic rings. The molecular weight excluding hydrogens is 185 g/mol. The van der Waals surface area contributed by atoms with Crippen molar-refractivity contribution >= 4 is 5.97 Å². The van der Waals surface area contributed by atoms with Gasteiger partial charge in [0.2, 0.25) is 0 Å². The largest absolute Gasteiger partial charge is 0.481 e. The highest BCUT2D eigenvalue weighted by Crippen LogP contribution is 2.31. The van der Waals surface area contributed by atoms with Gasteiger partial charge in [-0.25, -0.2) is 13.2 Å². The molecule has 0 spiro atoms. The highest BCUT2D eigenvalue weighted by Gasteiger charge is 2.32. The Hall–Kier alpha value is -1.00. The molecule has 5 heteroatoms. The maximum Gasteiger partial charge on any atom is 0.303 e. The Morgan fingerprint density at radius 2 is 2.23 bits per heavy atom. The zero-order chi connectivity index (χ0) is 10.0. The number of carboxylic acids is 1. The average molecular weight is 194 g/mol. The quantitative estimate of drug-likeness (QED) is 0.730. The number of hydrogen-bond acceptors (Lipinski definition) is 1. The molecule has 0 heterocycles. The van der Waals surface area contributed by atoms with E-state index in [0.717, 1.165) is 0 Å². The molecule has 2 nitrogen and oxygen atoms in total. The van der Waals surface area contributed by atoms with E-state index in [2.05, 4.69) is 0 Å². The number of alkyl halides is 2. The van der Waals surface area contributed by atoms with Crippen molar-refractivity contribution in [1.29, 1.82) is 0 Å². The third kappa shape index (κ3) is 2.47. The van der Waals surface area contributed by atoms with Crippen LogP contribution in [0.15, 0.2) is 11.9 Å². The lowest BCUT2D eigenvalue weighted by atomic mass is 9.88. The van der Waals surface area contributed by atoms with Crippen molar-refractivity contribution in [3.05, 3.63) is 11.9 Å². The number of carbonyl (C=O) groups is 1. The Labute approximate surface area is 73.1 Å². The second-order valence-corrected chi connectivity index (χ2v) is 3.06. The van der Waals surface area contributed by atoms with Crippen molar-refractivity contribution in [2.45, 2.75) is 25.2 Å². The van der Waals surface area contributed by atoms with E-state index in [1.807, 2.05) is 0 Å². The first kappa shape index (κ1) is 10.1. The van der Waals surface area contributed by atoms with Gasteiger partial charge in [0.1, 0.15) is 12.0 Å². The van der Waals surface area contributed by atoms with Crippen LogP contribution in [-0.4, -0.2) is 23.4 Å². The molecular formula is C8H9F3O2. The highest BCUT2D eigenvalue weighted by molar-refractivity contribution is 5.67. The Morgan fingerprint density at radius 1 is 1.62 bits per heavy atom. The van der Waals surface area contributed by atoms with E-state index >= 15 is 0 Å². The minimum Gasteiger partial charge on any atom is -0.481 e. The van der Waals surface area contributed by atoms with Crippen LogP contribution in [0.2, 0.25) is 0 Å². The van der Waals surface area contributed by atoms with Gasteiger partial charge in [0, 0.05) is 5.92 Å². The van der Waals surface area contributed by atoms with E-state index in [1.165, 1.54) is 0 Å². The summed E-state index contributed by atoms with van der Waals surface area (Å²) in [5, 5.41) is 8.33. The number of halogens is 3. The molecule has 1 aliphatic carbocycles. The molecule has 1 rings (SSSR count). The maximum absolute atomic E-state index is 12.9. The molecule has 1 aliphatic rings. The molecule has 0 aromatic carbocycles. The maximum atomic E-state index is 12.9. The zero-order valence-corrected chi connectivity index (χ0v) is 6.71. The highest BCUT2D eigenvalue weighted by atomic mass is 19.2. The number of rotatable bonds is 2. The van der Waals surface area contributed by atoms with Gasteiger partial charge in [-0.05, 0) is 12.5 Å². The standard InChI is InChI=1S/C8H9F3O2/c9-5-3-7(11)6(10)1-4(5)2-8(12)13/h3-6H,1-2H2,(H,12,13). The molecule has 0 bridgehead atoms. The van der Waals surface area contributed by atoms with E-state index in [4.69, 9.17) is 5.11 Å². The zero-order valence-electron chi connectivity index (χ0n) is 6.71. The molecule has 1 N–H and O–H groups in total. The molecule has 0 saturated heterocycles. The van der Waals surface area contributed by atoms with Crippen LogP contribution in [0.25, 0.3) is 0 Å². The first-order chi connectivity index (χ1) is 6.00. The van der Waals surface area contributed by atoms with Crippen LogP contribution in [0.5, 0.6) is 0 Å². The van der Waals surface area contributed by atoms with Crippen molar-refractivity contribution in [1.82, 2.24) is 0 Å². The van der Waals surface area contributed by atoms with E-state index in [0.29, 0.717) is 6.08 Å². The van der Waals surface area contributed by atoms with Gasteiger partial charge in [0.25, 0.3) is 0 Å². The predicted octanol–water partition coefficient (Wildman–Crippen LogP) is 2.01.